The number of nitrogens with one attached hydrogen (secondary N) is 1. The summed E-state index contributed by atoms with van der Waals surface area (Å²) in [6, 6.07) is 11.1. The van der Waals surface area contributed by atoms with E-state index in [9.17, 15) is 19.6 Å². The molecule has 2 aliphatic rings. The molecule has 6 rings (SSSR count). The monoisotopic (exact) mass is 608 g/mol. The second-order valence-electron chi connectivity index (χ2n) is 12.6. The van der Waals surface area contributed by atoms with Crippen LogP contribution in [0.5, 0.6) is 0 Å². The van der Waals surface area contributed by atoms with E-state index in [0.29, 0.717) is 41.3 Å². The highest BCUT2D eigenvalue weighted by Crippen LogP contribution is 2.36. The summed E-state index contributed by atoms with van der Waals surface area (Å²) >= 11 is 0. The number of fused-ring (bicyclic) bond motifs is 2. The van der Waals surface area contributed by atoms with Crippen LogP contribution >= 0.6 is 0 Å². The summed E-state index contributed by atoms with van der Waals surface area (Å²) in [5.74, 6) is 6.52. The van der Waals surface area contributed by atoms with Gasteiger partial charge in [-0.05, 0) is 64.8 Å². The van der Waals surface area contributed by atoms with Gasteiger partial charge in [0.15, 0.2) is 11.2 Å². The third kappa shape index (κ3) is 6.01. The molecule has 12 nitrogen and oxygen atoms in total. The van der Waals surface area contributed by atoms with Crippen LogP contribution in [-0.4, -0.2) is 54.5 Å². The molecule has 0 unspecified atom stereocenters. The normalized spacial score (nSPS) is 16.7. The summed E-state index contributed by atoms with van der Waals surface area (Å²) in [5.41, 5.74) is -0.244. The molecule has 45 heavy (non-hydrogen) atoms. The maximum atomic E-state index is 14.2. The molecule has 232 valence electrons. The molecule has 4 aromatic rings. The number of piperidine rings is 1. The molecule has 0 bridgehead atoms. The van der Waals surface area contributed by atoms with E-state index in [4.69, 9.17) is 9.72 Å². The number of rotatable bonds is 6. The van der Waals surface area contributed by atoms with Gasteiger partial charge in [-0.25, -0.2) is 14.6 Å². The number of hydrogen-bond donors (Lipinski definition) is 1. The van der Waals surface area contributed by atoms with Crippen LogP contribution in [0.25, 0.3) is 21.9 Å². The van der Waals surface area contributed by atoms with Gasteiger partial charge in [-0.2, -0.15) is 10.2 Å². The molecule has 1 aliphatic heterocycles. The summed E-state index contributed by atoms with van der Waals surface area (Å²) < 4.78 is 10.1. The van der Waals surface area contributed by atoms with Gasteiger partial charge in [0.25, 0.3) is 5.56 Å². The summed E-state index contributed by atoms with van der Waals surface area (Å²) in [4.78, 5) is 52.2. The highest BCUT2D eigenvalue weighted by atomic mass is 16.6. The Morgan fingerprint density at radius 1 is 1.13 bits per heavy atom. The number of nitrogens with zero attached hydrogens (tertiary/aromatic N) is 7. The molecule has 1 aromatic carbocycles. The molecule has 12 heteroatoms. The third-order valence-corrected chi connectivity index (χ3v) is 8.01. The Balaban J connectivity index is 1.45. The lowest BCUT2D eigenvalue weighted by molar-refractivity contribution is 0.0499. The maximum absolute atomic E-state index is 14.2. The van der Waals surface area contributed by atoms with Gasteiger partial charge in [0.1, 0.15) is 17.4 Å². The lowest BCUT2D eigenvalue weighted by atomic mass is 10.1. The van der Waals surface area contributed by atoms with Crippen molar-refractivity contribution in [3.8, 4) is 17.9 Å². The van der Waals surface area contributed by atoms with Crippen molar-refractivity contribution >= 4 is 34.0 Å². The van der Waals surface area contributed by atoms with Crippen molar-refractivity contribution in [3.63, 3.8) is 0 Å². The number of carbonyl (C=O) groups is 1. The Kier molecular flexibility index (Phi) is 7.83. The zero-order valence-corrected chi connectivity index (χ0v) is 26.0. The molecule has 4 heterocycles. The van der Waals surface area contributed by atoms with Gasteiger partial charge in [-0.3, -0.25) is 18.5 Å². The number of anilines is 1. The van der Waals surface area contributed by atoms with Crippen LogP contribution in [-0.2, 0) is 17.8 Å². The first-order valence-corrected chi connectivity index (χ1v) is 15.3. The Morgan fingerprint density at radius 3 is 2.62 bits per heavy atom. The van der Waals surface area contributed by atoms with E-state index >= 15 is 0 Å². The number of alkyl carbamates (subject to hydrolysis) is 1. The molecule has 1 aliphatic carbocycles. The standard InChI is InChI=1S/C33H36N8O4/c1-5-6-16-39-27-28(37-30(39)38-15-9-11-22(19-38)36-31(43)45-33(2,3)4)41(24-13-14-24)32(44)40(29(27)42)20-23-17-21-10-7-8-12-25(21)26(18-34)35-23/h7-8,10,12,17,22,24H,9,11,13-16,19-20H2,1-4H3,(H,36,43)/t22-/m1/s1. The number of benzene rings is 1. The smallest absolute Gasteiger partial charge is 0.407 e. The zero-order valence-electron chi connectivity index (χ0n) is 26.0. The number of pyridine rings is 1. The first-order valence-electron chi connectivity index (χ1n) is 15.3. The van der Waals surface area contributed by atoms with Crippen LogP contribution < -0.4 is 21.5 Å². The second-order valence-corrected chi connectivity index (χ2v) is 12.6. The number of ether oxygens (including phenoxy) is 1. The number of amides is 1. The van der Waals surface area contributed by atoms with E-state index < -0.39 is 22.9 Å². The molecule has 1 amide bonds. The van der Waals surface area contributed by atoms with Crippen molar-refractivity contribution in [1.29, 1.82) is 5.26 Å². The van der Waals surface area contributed by atoms with E-state index in [1.54, 1.807) is 16.1 Å². The summed E-state index contributed by atoms with van der Waals surface area (Å²) in [6.07, 6.45) is 2.70. The molecule has 1 saturated heterocycles. The lowest BCUT2D eigenvalue weighted by Gasteiger charge is -2.34. The van der Waals surface area contributed by atoms with Crippen molar-refractivity contribution in [1.82, 2.24) is 29.0 Å². The number of imidazole rings is 1. The highest BCUT2D eigenvalue weighted by molar-refractivity contribution is 5.86. The van der Waals surface area contributed by atoms with E-state index in [0.717, 1.165) is 31.1 Å². The van der Waals surface area contributed by atoms with E-state index in [1.807, 2.05) is 56.0 Å². The van der Waals surface area contributed by atoms with Gasteiger partial charge in [-0.1, -0.05) is 30.2 Å². The van der Waals surface area contributed by atoms with Crippen LogP contribution in [0.2, 0.25) is 0 Å². The molecule has 2 fully saturated rings. The molecular weight excluding hydrogens is 572 g/mol. The van der Waals surface area contributed by atoms with Gasteiger partial charge in [-0.15, -0.1) is 5.92 Å². The van der Waals surface area contributed by atoms with Gasteiger partial charge in [0.2, 0.25) is 5.95 Å². The molecule has 1 N–H and O–H groups in total. The van der Waals surface area contributed by atoms with Crippen LogP contribution in [0.3, 0.4) is 0 Å². The summed E-state index contributed by atoms with van der Waals surface area (Å²) in [6.45, 7) is 8.43. The second kappa shape index (κ2) is 11.8. The average molecular weight is 609 g/mol. The fraction of sp³-hybridized carbons (Fsp3) is 0.455. The topological polar surface area (TPSA) is 140 Å². The van der Waals surface area contributed by atoms with Gasteiger partial charge in [0.05, 0.1) is 18.8 Å². The van der Waals surface area contributed by atoms with Crippen molar-refractivity contribution < 1.29 is 9.53 Å². The summed E-state index contributed by atoms with van der Waals surface area (Å²) in [7, 11) is 0. The van der Waals surface area contributed by atoms with Crippen LogP contribution in [0.4, 0.5) is 10.7 Å². The molecule has 1 saturated carbocycles. The lowest BCUT2D eigenvalue weighted by Crippen LogP contribution is -2.49. The van der Waals surface area contributed by atoms with Crippen LogP contribution in [0.15, 0.2) is 39.9 Å². The quantitative estimate of drug-likeness (QED) is 0.327. The van der Waals surface area contributed by atoms with Crippen molar-refractivity contribution in [2.75, 3.05) is 18.0 Å². The van der Waals surface area contributed by atoms with E-state index in [2.05, 4.69) is 28.2 Å². The van der Waals surface area contributed by atoms with Crippen molar-refractivity contribution in [2.45, 2.75) is 84.2 Å². The Bertz CT molecular complexity index is 2030. The Morgan fingerprint density at radius 2 is 1.91 bits per heavy atom. The van der Waals surface area contributed by atoms with Crippen molar-refractivity contribution in [2.24, 2.45) is 0 Å². The first kappa shape index (κ1) is 29.9. The van der Waals surface area contributed by atoms with E-state index in [1.165, 1.54) is 4.57 Å². The maximum Gasteiger partial charge on any atom is 0.407 e. The molecule has 0 radical (unpaired) electrons. The van der Waals surface area contributed by atoms with Crippen LogP contribution in [0, 0.1) is 23.2 Å². The Hall–Kier alpha value is -5.10. The minimum absolute atomic E-state index is 0.0671. The minimum atomic E-state index is -0.615. The summed E-state index contributed by atoms with van der Waals surface area (Å²) in [5, 5.41) is 14.2. The largest absolute Gasteiger partial charge is 0.444 e. The average Bonchev–Trinajstić information content (AvgIpc) is 3.76. The van der Waals surface area contributed by atoms with Crippen LogP contribution in [0.1, 0.15) is 70.8 Å². The number of carbonyl (C=O) groups excluding carboxylic acids is 1. The number of hydrogen-bond acceptors (Lipinski definition) is 8. The minimum Gasteiger partial charge on any atom is -0.444 e. The molecule has 1 atom stereocenters. The molecule has 3 aromatic heterocycles. The molecular formula is C33H36N8O4. The number of aromatic nitrogens is 5. The van der Waals surface area contributed by atoms with E-state index in [-0.39, 0.29) is 30.9 Å². The predicted molar refractivity (Wildman–Crippen MR) is 170 cm³/mol. The van der Waals surface area contributed by atoms with Gasteiger partial charge >= 0.3 is 11.8 Å². The number of nitriles is 1. The predicted octanol–water partition coefficient (Wildman–Crippen LogP) is 3.68. The zero-order chi connectivity index (χ0) is 31.9. The highest BCUT2D eigenvalue weighted by Gasteiger charge is 2.33. The Labute approximate surface area is 260 Å². The fourth-order valence-electron chi connectivity index (χ4n) is 5.93. The third-order valence-electron chi connectivity index (χ3n) is 8.01. The fourth-order valence-corrected chi connectivity index (χ4v) is 5.93. The first-order chi connectivity index (χ1) is 21.6. The van der Waals surface area contributed by atoms with Crippen molar-refractivity contribution in [3.05, 3.63) is 62.6 Å². The SMILES string of the molecule is CC#CCn1c(N2CCC[C@@H](NC(=O)OC(C)(C)C)C2)nc2c1c(=O)n(Cc1cc3ccccc3c(C#N)n1)c(=O)n2C1CC1. The van der Waals surface area contributed by atoms with Gasteiger partial charge in [0, 0.05) is 30.6 Å². The van der Waals surface area contributed by atoms with Gasteiger partial charge < -0.3 is 15.0 Å². The molecule has 0 spiro atoms.